The third kappa shape index (κ3) is 1.58. The highest BCUT2D eigenvalue weighted by atomic mass is 16.6. The van der Waals surface area contributed by atoms with Crippen molar-refractivity contribution in [3.05, 3.63) is 12.2 Å². The van der Waals surface area contributed by atoms with Gasteiger partial charge < -0.3 is 9.47 Å². The molecule has 0 aromatic carbocycles. The number of hydrogen-bond acceptors (Lipinski definition) is 4. The topological polar surface area (TPSA) is 52.6 Å². The highest BCUT2D eigenvalue weighted by Gasteiger charge is 2.65. The van der Waals surface area contributed by atoms with Crippen LogP contribution in [0.1, 0.15) is 34.6 Å². The van der Waals surface area contributed by atoms with E-state index < -0.39 is 10.8 Å². The third-order valence-electron chi connectivity index (χ3n) is 4.20. The first-order valence-electron chi connectivity index (χ1n) is 6.20. The van der Waals surface area contributed by atoms with Gasteiger partial charge in [0.25, 0.3) is 0 Å². The van der Waals surface area contributed by atoms with Gasteiger partial charge in [-0.1, -0.05) is 19.1 Å². The van der Waals surface area contributed by atoms with Gasteiger partial charge in [0.2, 0.25) is 0 Å². The predicted molar refractivity (Wildman–Crippen MR) is 65.6 cm³/mol. The van der Waals surface area contributed by atoms with Crippen molar-refractivity contribution >= 4 is 11.9 Å². The van der Waals surface area contributed by atoms with Crippen LogP contribution in [0.25, 0.3) is 0 Å². The number of carbonyl (C=O) groups excluding carboxylic acids is 2. The number of ether oxygens (including phenoxy) is 2. The van der Waals surface area contributed by atoms with E-state index in [1.165, 1.54) is 0 Å². The zero-order valence-corrected chi connectivity index (χ0v) is 11.6. The maximum Gasteiger partial charge on any atom is 0.317 e. The van der Waals surface area contributed by atoms with Gasteiger partial charge in [0.1, 0.15) is 12.7 Å². The Balaban J connectivity index is 2.03. The summed E-state index contributed by atoms with van der Waals surface area (Å²) in [5.41, 5.74) is -1.46. The minimum absolute atomic E-state index is 0.123. The monoisotopic (exact) mass is 252 g/mol. The molecule has 0 bridgehead atoms. The van der Waals surface area contributed by atoms with Crippen molar-refractivity contribution in [2.45, 2.75) is 40.7 Å². The minimum atomic E-state index is -0.564. The molecule has 0 radical (unpaired) electrons. The summed E-state index contributed by atoms with van der Waals surface area (Å²) in [6.07, 6.45) is 3.44. The standard InChI is InChI=1S/C14H20O4/c1-12(2,3)10(15)17-8-9-13(4)6-7-14(13,5)11(16)18-9/h6-7,9H,8H2,1-5H3/t9-,13-,14+/m1/s1. The van der Waals surface area contributed by atoms with Crippen molar-refractivity contribution in [3.63, 3.8) is 0 Å². The van der Waals surface area contributed by atoms with Gasteiger partial charge in [-0.05, 0) is 27.7 Å². The summed E-state index contributed by atoms with van der Waals surface area (Å²) in [6.45, 7) is 9.34. The number of carbonyl (C=O) groups is 2. The number of hydrogen-bond donors (Lipinski definition) is 0. The molecule has 0 spiro atoms. The smallest absolute Gasteiger partial charge is 0.317 e. The van der Waals surface area contributed by atoms with Gasteiger partial charge in [-0.2, -0.15) is 0 Å². The molecule has 0 amide bonds. The highest BCUT2D eigenvalue weighted by molar-refractivity contribution is 5.85. The maximum absolute atomic E-state index is 11.8. The van der Waals surface area contributed by atoms with Gasteiger partial charge in [0.15, 0.2) is 0 Å². The lowest BCUT2D eigenvalue weighted by Crippen LogP contribution is -2.47. The molecule has 0 unspecified atom stereocenters. The van der Waals surface area contributed by atoms with E-state index in [1.54, 1.807) is 20.8 Å². The molecule has 0 aromatic heterocycles. The Bertz CT molecular complexity index is 432. The molecule has 4 nitrogen and oxygen atoms in total. The average molecular weight is 252 g/mol. The van der Waals surface area contributed by atoms with E-state index in [-0.39, 0.29) is 30.1 Å². The first kappa shape index (κ1) is 13.1. The van der Waals surface area contributed by atoms with E-state index >= 15 is 0 Å². The summed E-state index contributed by atoms with van der Waals surface area (Å²) >= 11 is 0. The lowest BCUT2D eigenvalue weighted by molar-refractivity contribution is -0.160. The molecule has 1 heterocycles. The summed E-state index contributed by atoms with van der Waals surface area (Å²) in [6, 6.07) is 0. The number of cyclic esters (lactones) is 1. The SMILES string of the molecule is CC(C)(C)C(=O)OC[C@H]1OC(=O)[C@]2(C)C=C[C@]12C. The molecule has 0 saturated carbocycles. The lowest BCUT2D eigenvalue weighted by Gasteiger charge is -2.42. The second-order valence-electron chi connectivity index (χ2n) is 6.56. The molecule has 1 fully saturated rings. The highest BCUT2D eigenvalue weighted by Crippen LogP contribution is 2.58. The molecule has 2 rings (SSSR count). The molecule has 0 aromatic rings. The van der Waals surface area contributed by atoms with Crippen LogP contribution in [0.2, 0.25) is 0 Å². The lowest BCUT2D eigenvalue weighted by atomic mass is 9.57. The molecule has 1 aliphatic heterocycles. The van der Waals surface area contributed by atoms with Crippen molar-refractivity contribution in [1.82, 2.24) is 0 Å². The fraction of sp³-hybridized carbons (Fsp3) is 0.714. The molecule has 1 saturated heterocycles. The zero-order chi connectivity index (χ0) is 13.8. The van der Waals surface area contributed by atoms with Crippen molar-refractivity contribution in [2.24, 2.45) is 16.2 Å². The summed E-state index contributed by atoms with van der Waals surface area (Å²) in [7, 11) is 0. The van der Waals surface area contributed by atoms with Crippen LogP contribution in [0.4, 0.5) is 0 Å². The molecule has 4 heteroatoms. The largest absolute Gasteiger partial charge is 0.461 e. The quantitative estimate of drug-likeness (QED) is 0.558. The fourth-order valence-electron chi connectivity index (χ4n) is 2.27. The van der Waals surface area contributed by atoms with E-state index in [2.05, 4.69) is 0 Å². The summed E-state index contributed by atoms with van der Waals surface area (Å²) < 4.78 is 10.6. The fourth-order valence-corrected chi connectivity index (χ4v) is 2.27. The van der Waals surface area contributed by atoms with Crippen molar-refractivity contribution < 1.29 is 19.1 Å². The zero-order valence-electron chi connectivity index (χ0n) is 11.6. The Morgan fingerprint density at radius 3 is 2.39 bits per heavy atom. The molecule has 2 aliphatic rings. The van der Waals surface area contributed by atoms with Crippen molar-refractivity contribution in [2.75, 3.05) is 6.61 Å². The van der Waals surface area contributed by atoms with Gasteiger partial charge >= 0.3 is 11.9 Å². The normalized spacial score (nSPS) is 37.8. The van der Waals surface area contributed by atoms with Crippen LogP contribution >= 0.6 is 0 Å². The van der Waals surface area contributed by atoms with Gasteiger partial charge in [0.05, 0.1) is 10.8 Å². The molecular formula is C14H20O4. The Morgan fingerprint density at radius 2 is 2.00 bits per heavy atom. The molecule has 1 aliphatic carbocycles. The van der Waals surface area contributed by atoms with Gasteiger partial charge in [-0.25, -0.2) is 0 Å². The summed E-state index contributed by atoms with van der Waals surface area (Å²) in [5.74, 6) is -0.511. The van der Waals surface area contributed by atoms with Gasteiger partial charge in [-0.15, -0.1) is 0 Å². The average Bonchev–Trinajstić information content (AvgIpc) is 2.38. The van der Waals surface area contributed by atoms with Crippen LogP contribution in [-0.4, -0.2) is 24.6 Å². The van der Waals surface area contributed by atoms with E-state index in [4.69, 9.17) is 9.47 Å². The Kier molecular flexibility index (Phi) is 2.62. The van der Waals surface area contributed by atoms with E-state index in [0.717, 1.165) is 0 Å². The van der Waals surface area contributed by atoms with Crippen molar-refractivity contribution in [1.29, 1.82) is 0 Å². The second kappa shape index (κ2) is 3.59. The van der Waals surface area contributed by atoms with Gasteiger partial charge in [-0.3, -0.25) is 9.59 Å². The number of rotatable bonds is 2. The Labute approximate surface area is 107 Å². The van der Waals surface area contributed by atoms with Crippen LogP contribution in [0.5, 0.6) is 0 Å². The van der Waals surface area contributed by atoms with Crippen LogP contribution in [0.3, 0.4) is 0 Å². The predicted octanol–water partition coefficient (Wildman–Crippen LogP) is 2.08. The molecule has 100 valence electrons. The summed E-state index contributed by atoms with van der Waals surface area (Å²) in [5, 5.41) is 0. The molecular weight excluding hydrogens is 232 g/mol. The van der Waals surface area contributed by atoms with Crippen molar-refractivity contribution in [3.8, 4) is 0 Å². The van der Waals surface area contributed by atoms with E-state index in [1.807, 2.05) is 26.0 Å². The number of fused-ring (bicyclic) bond motifs is 1. The molecule has 18 heavy (non-hydrogen) atoms. The Morgan fingerprint density at radius 1 is 1.39 bits per heavy atom. The van der Waals surface area contributed by atoms with Crippen LogP contribution in [-0.2, 0) is 19.1 Å². The van der Waals surface area contributed by atoms with Crippen LogP contribution in [0.15, 0.2) is 12.2 Å². The van der Waals surface area contributed by atoms with Gasteiger partial charge in [0, 0.05) is 5.41 Å². The minimum Gasteiger partial charge on any atom is -0.461 e. The first-order chi connectivity index (χ1) is 8.11. The van der Waals surface area contributed by atoms with Crippen LogP contribution < -0.4 is 0 Å². The Hall–Kier alpha value is -1.32. The summed E-state index contributed by atoms with van der Waals surface area (Å²) in [4.78, 5) is 23.5. The second-order valence-corrected chi connectivity index (χ2v) is 6.56. The first-order valence-corrected chi connectivity index (χ1v) is 6.20. The van der Waals surface area contributed by atoms with Crippen LogP contribution in [0, 0.1) is 16.2 Å². The van der Waals surface area contributed by atoms with E-state index in [9.17, 15) is 9.59 Å². The number of esters is 2. The third-order valence-corrected chi connectivity index (χ3v) is 4.20. The maximum atomic E-state index is 11.8. The molecule has 3 atom stereocenters. The molecule has 0 N–H and O–H groups in total. The van der Waals surface area contributed by atoms with E-state index in [0.29, 0.717) is 0 Å².